The molecule has 1 unspecified atom stereocenters. The molecule has 2 aromatic rings. The first kappa shape index (κ1) is 14.2. The molecule has 0 heterocycles. The van der Waals surface area contributed by atoms with Gasteiger partial charge >= 0.3 is 0 Å². The van der Waals surface area contributed by atoms with Crippen molar-refractivity contribution in [2.24, 2.45) is 0 Å². The molecule has 1 N–H and O–H groups in total. The van der Waals surface area contributed by atoms with Crippen LogP contribution in [0.3, 0.4) is 0 Å². The van der Waals surface area contributed by atoms with Crippen molar-refractivity contribution in [2.75, 3.05) is 6.54 Å². The van der Waals surface area contributed by atoms with Crippen LogP contribution in [0.4, 0.5) is 4.39 Å². The summed E-state index contributed by atoms with van der Waals surface area (Å²) >= 11 is 3.51. The summed E-state index contributed by atoms with van der Waals surface area (Å²) in [6.07, 6.45) is 0. The van der Waals surface area contributed by atoms with E-state index in [-0.39, 0.29) is 11.9 Å². The third-order valence-corrected chi connectivity index (χ3v) is 4.02. The van der Waals surface area contributed by atoms with Gasteiger partial charge in [-0.2, -0.15) is 0 Å². The van der Waals surface area contributed by atoms with Gasteiger partial charge in [0.05, 0.1) is 6.04 Å². The molecule has 2 aromatic carbocycles. The van der Waals surface area contributed by atoms with Gasteiger partial charge in [0.25, 0.3) is 0 Å². The van der Waals surface area contributed by atoms with E-state index in [9.17, 15) is 4.39 Å². The van der Waals surface area contributed by atoms with Crippen molar-refractivity contribution in [3.63, 3.8) is 0 Å². The molecule has 0 aliphatic heterocycles. The van der Waals surface area contributed by atoms with Crippen LogP contribution in [-0.4, -0.2) is 6.54 Å². The van der Waals surface area contributed by atoms with E-state index in [0.29, 0.717) is 0 Å². The van der Waals surface area contributed by atoms with Gasteiger partial charge < -0.3 is 5.32 Å². The monoisotopic (exact) mass is 321 g/mol. The molecule has 0 amide bonds. The first-order chi connectivity index (χ1) is 9.11. The van der Waals surface area contributed by atoms with Crippen molar-refractivity contribution >= 4 is 15.9 Å². The molecule has 0 saturated heterocycles. The van der Waals surface area contributed by atoms with Crippen LogP contribution in [0.1, 0.15) is 29.7 Å². The van der Waals surface area contributed by atoms with Crippen LogP contribution < -0.4 is 5.32 Å². The second-order valence-corrected chi connectivity index (χ2v) is 5.41. The maximum absolute atomic E-state index is 13.0. The lowest BCUT2D eigenvalue weighted by Crippen LogP contribution is -2.22. The van der Waals surface area contributed by atoms with E-state index in [4.69, 9.17) is 0 Å². The Labute approximate surface area is 122 Å². The molecule has 0 fully saturated rings. The average Bonchev–Trinajstić information content (AvgIpc) is 2.41. The Morgan fingerprint density at radius 2 is 1.74 bits per heavy atom. The second-order valence-electron chi connectivity index (χ2n) is 4.55. The van der Waals surface area contributed by atoms with Crippen molar-refractivity contribution in [2.45, 2.75) is 19.9 Å². The van der Waals surface area contributed by atoms with Gasteiger partial charge in [0, 0.05) is 4.47 Å². The number of nitrogens with one attached hydrogen (secondary N) is 1. The standard InChI is InChI=1S/C16H17BrFN/c1-3-19-16(12-4-7-14(18)8-5-12)13-6-9-15(17)11(2)10-13/h4-10,16,19H,3H2,1-2H3. The van der Waals surface area contributed by atoms with Crippen molar-refractivity contribution in [3.8, 4) is 0 Å². The molecule has 100 valence electrons. The molecule has 1 nitrogen and oxygen atoms in total. The molecular weight excluding hydrogens is 305 g/mol. The topological polar surface area (TPSA) is 12.0 Å². The fourth-order valence-corrected chi connectivity index (χ4v) is 2.38. The summed E-state index contributed by atoms with van der Waals surface area (Å²) < 4.78 is 14.1. The molecule has 19 heavy (non-hydrogen) atoms. The van der Waals surface area contributed by atoms with Gasteiger partial charge in [-0.15, -0.1) is 0 Å². The zero-order valence-electron chi connectivity index (χ0n) is 11.1. The Balaban J connectivity index is 2.38. The molecule has 1 atom stereocenters. The molecular formula is C16H17BrFN. The van der Waals surface area contributed by atoms with Gasteiger partial charge in [0.2, 0.25) is 0 Å². The maximum Gasteiger partial charge on any atom is 0.123 e. The van der Waals surface area contributed by atoms with Crippen molar-refractivity contribution < 1.29 is 4.39 Å². The lowest BCUT2D eigenvalue weighted by atomic mass is 9.97. The predicted octanol–water partition coefficient (Wildman–Crippen LogP) is 4.60. The second kappa shape index (κ2) is 6.31. The zero-order chi connectivity index (χ0) is 13.8. The number of halogens is 2. The fourth-order valence-electron chi connectivity index (χ4n) is 2.13. The van der Waals surface area contributed by atoms with E-state index in [0.717, 1.165) is 16.6 Å². The molecule has 3 heteroatoms. The van der Waals surface area contributed by atoms with E-state index < -0.39 is 0 Å². The summed E-state index contributed by atoms with van der Waals surface area (Å²) in [5.41, 5.74) is 3.46. The van der Waals surface area contributed by atoms with Crippen molar-refractivity contribution in [3.05, 3.63) is 69.4 Å². The molecule has 0 aromatic heterocycles. The van der Waals surface area contributed by atoms with Gasteiger partial charge in [0.1, 0.15) is 5.82 Å². The summed E-state index contributed by atoms with van der Waals surface area (Å²) in [6, 6.07) is 13.1. The Morgan fingerprint density at radius 3 is 2.32 bits per heavy atom. The van der Waals surface area contributed by atoms with Crippen LogP contribution >= 0.6 is 15.9 Å². The third-order valence-electron chi connectivity index (χ3n) is 3.13. The number of hydrogen-bond donors (Lipinski definition) is 1. The van der Waals surface area contributed by atoms with Gasteiger partial charge in [-0.05, 0) is 48.4 Å². The maximum atomic E-state index is 13.0. The summed E-state index contributed by atoms with van der Waals surface area (Å²) in [6.45, 7) is 5.00. The SMILES string of the molecule is CCNC(c1ccc(F)cc1)c1ccc(Br)c(C)c1. The molecule has 0 aliphatic rings. The van der Waals surface area contributed by atoms with E-state index in [1.54, 1.807) is 0 Å². The minimum absolute atomic E-state index is 0.0948. The van der Waals surface area contributed by atoms with Crippen LogP contribution in [0.25, 0.3) is 0 Å². The third kappa shape index (κ3) is 3.43. The number of rotatable bonds is 4. The van der Waals surface area contributed by atoms with Crippen molar-refractivity contribution in [1.29, 1.82) is 0 Å². The lowest BCUT2D eigenvalue weighted by Gasteiger charge is -2.19. The summed E-state index contributed by atoms with van der Waals surface area (Å²) in [7, 11) is 0. The van der Waals surface area contributed by atoms with Gasteiger partial charge in [-0.25, -0.2) is 4.39 Å². The molecule has 0 radical (unpaired) electrons. The van der Waals surface area contributed by atoms with Gasteiger partial charge in [0.15, 0.2) is 0 Å². The minimum atomic E-state index is -0.203. The van der Waals surface area contributed by atoms with Crippen LogP contribution in [-0.2, 0) is 0 Å². The highest BCUT2D eigenvalue weighted by Gasteiger charge is 2.13. The molecule has 0 bridgehead atoms. The Morgan fingerprint density at radius 1 is 1.11 bits per heavy atom. The number of benzene rings is 2. The first-order valence-electron chi connectivity index (χ1n) is 6.36. The predicted molar refractivity (Wildman–Crippen MR) is 80.8 cm³/mol. The average molecular weight is 322 g/mol. The fraction of sp³-hybridized carbons (Fsp3) is 0.250. The lowest BCUT2D eigenvalue weighted by molar-refractivity contribution is 0.613. The van der Waals surface area contributed by atoms with E-state index in [1.807, 2.05) is 12.1 Å². The van der Waals surface area contributed by atoms with Crippen LogP contribution in [0, 0.1) is 12.7 Å². The van der Waals surface area contributed by atoms with E-state index in [1.165, 1.54) is 23.3 Å². The van der Waals surface area contributed by atoms with E-state index in [2.05, 4.69) is 53.3 Å². The smallest absolute Gasteiger partial charge is 0.123 e. The largest absolute Gasteiger partial charge is 0.307 e. The minimum Gasteiger partial charge on any atom is -0.307 e. The highest BCUT2D eigenvalue weighted by atomic mass is 79.9. The normalized spacial score (nSPS) is 12.4. The van der Waals surface area contributed by atoms with Gasteiger partial charge in [-0.3, -0.25) is 0 Å². The Hall–Kier alpha value is -1.19. The highest BCUT2D eigenvalue weighted by molar-refractivity contribution is 9.10. The summed E-state index contributed by atoms with van der Waals surface area (Å²) in [4.78, 5) is 0. The quantitative estimate of drug-likeness (QED) is 0.868. The summed E-state index contributed by atoms with van der Waals surface area (Å²) in [5.74, 6) is -0.203. The zero-order valence-corrected chi connectivity index (χ0v) is 12.7. The van der Waals surface area contributed by atoms with Crippen LogP contribution in [0.15, 0.2) is 46.9 Å². The summed E-state index contributed by atoms with van der Waals surface area (Å²) in [5, 5.41) is 3.44. The van der Waals surface area contributed by atoms with Crippen LogP contribution in [0.5, 0.6) is 0 Å². The van der Waals surface area contributed by atoms with Crippen molar-refractivity contribution in [1.82, 2.24) is 5.32 Å². The molecule has 2 rings (SSSR count). The molecule has 0 aliphatic carbocycles. The van der Waals surface area contributed by atoms with Gasteiger partial charge in [-0.1, -0.05) is 47.1 Å². The number of aryl methyl sites for hydroxylation is 1. The Bertz CT molecular complexity index is 551. The first-order valence-corrected chi connectivity index (χ1v) is 7.16. The molecule has 0 spiro atoms. The Kier molecular flexibility index (Phi) is 4.72. The number of hydrogen-bond acceptors (Lipinski definition) is 1. The van der Waals surface area contributed by atoms with Crippen LogP contribution in [0.2, 0.25) is 0 Å². The highest BCUT2D eigenvalue weighted by Crippen LogP contribution is 2.26. The van der Waals surface area contributed by atoms with E-state index >= 15 is 0 Å². The molecule has 0 saturated carbocycles.